The maximum Gasteiger partial charge on any atom is 0.278 e. The van der Waals surface area contributed by atoms with E-state index in [1.165, 1.54) is 12.3 Å². The van der Waals surface area contributed by atoms with E-state index in [-0.39, 0.29) is 17.0 Å². The van der Waals surface area contributed by atoms with Gasteiger partial charge in [-0.05, 0) is 25.1 Å². The van der Waals surface area contributed by atoms with E-state index in [0.29, 0.717) is 16.6 Å². The molecule has 1 aromatic heterocycles. The molecule has 0 saturated carbocycles. The summed E-state index contributed by atoms with van der Waals surface area (Å²) in [5.74, 6) is 0.433. The molecule has 0 spiro atoms. The van der Waals surface area contributed by atoms with Gasteiger partial charge in [0.1, 0.15) is 5.75 Å². The topological polar surface area (TPSA) is 88.6 Å². The molecule has 0 aliphatic carbocycles. The SMILES string of the molecule is Cc1cccc(/N=C/c2cc([N+](=O)[O-])c3ccccc3c2O)n1. The van der Waals surface area contributed by atoms with Gasteiger partial charge in [0.25, 0.3) is 5.69 Å². The van der Waals surface area contributed by atoms with Crippen LogP contribution < -0.4 is 0 Å². The Labute approximate surface area is 131 Å². The zero-order chi connectivity index (χ0) is 16.4. The van der Waals surface area contributed by atoms with Gasteiger partial charge in [-0.3, -0.25) is 10.1 Å². The Morgan fingerprint density at radius 2 is 1.91 bits per heavy atom. The molecule has 3 rings (SSSR count). The van der Waals surface area contributed by atoms with Crippen LogP contribution in [0.25, 0.3) is 10.8 Å². The van der Waals surface area contributed by atoms with Crippen molar-refractivity contribution in [1.82, 2.24) is 4.98 Å². The molecule has 0 aliphatic rings. The van der Waals surface area contributed by atoms with Crippen molar-refractivity contribution in [2.75, 3.05) is 0 Å². The van der Waals surface area contributed by atoms with Crippen LogP contribution in [0, 0.1) is 17.0 Å². The lowest BCUT2D eigenvalue weighted by Gasteiger charge is -2.05. The van der Waals surface area contributed by atoms with E-state index in [9.17, 15) is 15.2 Å². The summed E-state index contributed by atoms with van der Waals surface area (Å²) in [7, 11) is 0. The maximum atomic E-state index is 11.3. The summed E-state index contributed by atoms with van der Waals surface area (Å²) in [5.41, 5.74) is 1.02. The molecular weight excluding hydrogens is 294 g/mol. The van der Waals surface area contributed by atoms with Crippen LogP contribution >= 0.6 is 0 Å². The van der Waals surface area contributed by atoms with E-state index in [4.69, 9.17) is 0 Å². The van der Waals surface area contributed by atoms with Crippen LogP contribution in [0.4, 0.5) is 11.5 Å². The third kappa shape index (κ3) is 2.87. The largest absolute Gasteiger partial charge is 0.507 e. The number of rotatable bonds is 3. The van der Waals surface area contributed by atoms with Crippen molar-refractivity contribution in [3.05, 3.63) is 69.9 Å². The number of aromatic hydroxyl groups is 1. The number of hydrogen-bond donors (Lipinski definition) is 1. The minimum absolute atomic E-state index is 0.0393. The van der Waals surface area contributed by atoms with Crippen molar-refractivity contribution in [3.8, 4) is 5.75 Å². The van der Waals surface area contributed by atoms with E-state index < -0.39 is 4.92 Å². The van der Waals surface area contributed by atoms with Crippen molar-refractivity contribution >= 4 is 28.5 Å². The molecule has 0 bridgehead atoms. The minimum atomic E-state index is -0.468. The van der Waals surface area contributed by atoms with Crippen molar-refractivity contribution in [1.29, 1.82) is 0 Å². The lowest BCUT2D eigenvalue weighted by Crippen LogP contribution is -1.93. The number of pyridine rings is 1. The van der Waals surface area contributed by atoms with Crippen LogP contribution in [-0.4, -0.2) is 21.2 Å². The number of fused-ring (bicyclic) bond motifs is 1. The van der Waals surface area contributed by atoms with E-state index in [2.05, 4.69) is 9.98 Å². The van der Waals surface area contributed by atoms with E-state index in [0.717, 1.165) is 5.69 Å². The summed E-state index contributed by atoms with van der Waals surface area (Å²) in [5, 5.41) is 22.4. The van der Waals surface area contributed by atoms with Crippen LogP contribution in [-0.2, 0) is 0 Å². The Balaban J connectivity index is 2.14. The molecule has 2 aromatic carbocycles. The first kappa shape index (κ1) is 14.6. The molecule has 23 heavy (non-hydrogen) atoms. The van der Waals surface area contributed by atoms with Crippen LogP contribution in [0.3, 0.4) is 0 Å². The molecule has 6 heteroatoms. The summed E-state index contributed by atoms with van der Waals surface area (Å²) in [6.45, 7) is 1.84. The highest BCUT2D eigenvalue weighted by atomic mass is 16.6. The summed E-state index contributed by atoms with van der Waals surface area (Å²) in [6.07, 6.45) is 1.39. The second kappa shape index (κ2) is 5.84. The third-order valence-electron chi connectivity index (χ3n) is 3.43. The maximum absolute atomic E-state index is 11.3. The van der Waals surface area contributed by atoms with Gasteiger partial charge in [-0.1, -0.05) is 24.3 Å². The number of aryl methyl sites for hydroxylation is 1. The average Bonchev–Trinajstić information content (AvgIpc) is 2.54. The van der Waals surface area contributed by atoms with E-state index in [1.54, 1.807) is 30.3 Å². The lowest BCUT2D eigenvalue weighted by molar-refractivity contribution is -0.383. The number of aliphatic imine (C=N–C) groups is 1. The average molecular weight is 307 g/mol. The monoisotopic (exact) mass is 307 g/mol. The number of nitro groups is 1. The number of nitro benzene ring substituents is 1. The number of aromatic nitrogens is 1. The highest BCUT2D eigenvalue weighted by Crippen LogP contribution is 2.35. The number of nitrogens with zero attached hydrogens (tertiary/aromatic N) is 3. The standard InChI is InChI=1S/C17H13N3O3/c1-11-5-4-8-16(19-11)18-10-12-9-15(20(22)23)13-6-2-3-7-14(13)17(12)21/h2-10,21H,1H3/b18-10+. The first-order chi connectivity index (χ1) is 11.1. The molecule has 0 atom stereocenters. The number of hydrogen-bond acceptors (Lipinski definition) is 5. The molecule has 114 valence electrons. The quantitative estimate of drug-likeness (QED) is 0.451. The predicted molar refractivity (Wildman–Crippen MR) is 88.5 cm³/mol. The zero-order valence-electron chi connectivity index (χ0n) is 12.3. The molecular formula is C17H13N3O3. The smallest absolute Gasteiger partial charge is 0.278 e. The van der Waals surface area contributed by atoms with Gasteiger partial charge in [0.05, 0.1) is 10.3 Å². The second-order valence-corrected chi connectivity index (χ2v) is 5.03. The van der Waals surface area contributed by atoms with Gasteiger partial charge in [-0.25, -0.2) is 9.98 Å². The first-order valence-corrected chi connectivity index (χ1v) is 6.93. The van der Waals surface area contributed by atoms with E-state index in [1.807, 2.05) is 19.1 Å². The molecule has 3 aromatic rings. The second-order valence-electron chi connectivity index (χ2n) is 5.03. The molecule has 1 N–H and O–H groups in total. The Hall–Kier alpha value is -3.28. The fourth-order valence-electron chi connectivity index (χ4n) is 2.35. The van der Waals surface area contributed by atoms with Gasteiger partial charge in [-0.15, -0.1) is 0 Å². The van der Waals surface area contributed by atoms with Gasteiger partial charge in [0.15, 0.2) is 5.82 Å². The first-order valence-electron chi connectivity index (χ1n) is 6.93. The summed E-state index contributed by atoms with van der Waals surface area (Å²) < 4.78 is 0. The molecule has 0 radical (unpaired) electrons. The van der Waals surface area contributed by atoms with Gasteiger partial charge in [-0.2, -0.15) is 0 Å². The van der Waals surface area contributed by atoms with Crippen LogP contribution in [0.5, 0.6) is 5.75 Å². The Morgan fingerprint density at radius 3 is 2.61 bits per heavy atom. The van der Waals surface area contributed by atoms with Crippen LogP contribution in [0.2, 0.25) is 0 Å². The number of benzene rings is 2. The molecule has 1 heterocycles. The lowest BCUT2D eigenvalue weighted by atomic mass is 10.0. The molecule has 0 unspecified atom stereocenters. The van der Waals surface area contributed by atoms with Crippen LogP contribution in [0.15, 0.2) is 53.5 Å². The van der Waals surface area contributed by atoms with Gasteiger partial charge in [0.2, 0.25) is 0 Å². The normalized spacial score (nSPS) is 11.2. The summed E-state index contributed by atoms with van der Waals surface area (Å²) in [4.78, 5) is 19.2. The third-order valence-corrected chi connectivity index (χ3v) is 3.43. The van der Waals surface area contributed by atoms with Crippen molar-refractivity contribution in [3.63, 3.8) is 0 Å². The van der Waals surface area contributed by atoms with Gasteiger partial charge < -0.3 is 5.11 Å². The fourth-order valence-corrected chi connectivity index (χ4v) is 2.35. The van der Waals surface area contributed by atoms with Gasteiger partial charge in [0, 0.05) is 28.9 Å². The van der Waals surface area contributed by atoms with Crippen LogP contribution in [0.1, 0.15) is 11.3 Å². The summed E-state index contributed by atoms with van der Waals surface area (Å²) in [6, 6.07) is 13.4. The predicted octanol–water partition coefficient (Wildman–Crippen LogP) is 3.91. The number of non-ortho nitro benzene ring substituents is 1. The zero-order valence-corrected chi connectivity index (χ0v) is 12.3. The molecule has 0 saturated heterocycles. The van der Waals surface area contributed by atoms with Crippen molar-refractivity contribution < 1.29 is 10.0 Å². The van der Waals surface area contributed by atoms with Crippen molar-refractivity contribution in [2.24, 2.45) is 4.99 Å². The van der Waals surface area contributed by atoms with Gasteiger partial charge >= 0.3 is 0 Å². The highest BCUT2D eigenvalue weighted by molar-refractivity contribution is 6.02. The molecule has 6 nitrogen and oxygen atoms in total. The molecule has 0 fully saturated rings. The number of phenols is 1. The molecule has 0 aliphatic heterocycles. The fraction of sp³-hybridized carbons (Fsp3) is 0.0588. The minimum Gasteiger partial charge on any atom is -0.507 e. The molecule has 0 amide bonds. The Kier molecular flexibility index (Phi) is 3.72. The number of phenolic OH excluding ortho intramolecular Hbond substituents is 1. The van der Waals surface area contributed by atoms with Crippen molar-refractivity contribution in [2.45, 2.75) is 6.92 Å². The Bertz CT molecular complexity index is 936. The highest BCUT2D eigenvalue weighted by Gasteiger charge is 2.17. The van der Waals surface area contributed by atoms with E-state index >= 15 is 0 Å². The summed E-state index contributed by atoms with van der Waals surface area (Å²) >= 11 is 0. The Morgan fingerprint density at radius 1 is 1.17 bits per heavy atom.